The molecule has 0 bridgehead atoms. The molecule has 7 heteroatoms. The Kier molecular flexibility index (Phi) is 5.81. The van der Waals surface area contributed by atoms with Gasteiger partial charge in [-0.25, -0.2) is 0 Å². The van der Waals surface area contributed by atoms with E-state index in [0.717, 1.165) is 0 Å². The van der Waals surface area contributed by atoms with Crippen LogP contribution in [0.3, 0.4) is 0 Å². The van der Waals surface area contributed by atoms with Crippen molar-refractivity contribution < 1.29 is 9.53 Å². The van der Waals surface area contributed by atoms with Gasteiger partial charge in [-0.1, -0.05) is 46.4 Å². The minimum atomic E-state index is -0.767. The molecule has 1 amide bonds. The number of nitrogens with one attached hydrogen (secondary N) is 1. The summed E-state index contributed by atoms with van der Waals surface area (Å²) in [6.45, 7) is 1.60. The molecule has 0 heterocycles. The van der Waals surface area contributed by atoms with Crippen LogP contribution in [0.1, 0.15) is 6.92 Å². The molecule has 0 aromatic heterocycles. The SMILES string of the molecule is C[C@H](Oc1ccc(Cl)cc1Cl)C(=O)Nc1cc(Cl)cc(Cl)c1. The summed E-state index contributed by atoms with van der Waals surface area (Å²) in [5, 5.41) is 4.35. The number of rotatable bonds is 4. The predicted octanol–water partition coefficient (Wildman–Crippen LogP) is 5.71. The van der Waals surface area contributed by atoms with E-state index in [2.05, 4.69) is 5.32 Å². The third-order valence-corrected chi connectivity index (χ3v) is 3.66. The first-order valence-corrected chi connectivity index (χ1v) is 7.75. The average molecular weight is 379 g/mol. The van der Waals surface area contributed by atoms with Gasteiger partial charge in [0.05, 0.1) is 5.02 Å². The predicted molar refractivity (Wildman–Crippen MR) is 91.6 cm³/mol. The number of anilines is 1. The molecule has 0 unspecified atom stereocenters. The van der Waals surface area contributed by atoms with Crippen molar-refractivity contribution in [3.8, 4) is 5.75 Å². The monoisotopic (exact) mass is 377 g/mol. The quantitative estimate of drug-likeness (QED) is 0.740. The molecule has 0 aliphatic carbocycles. The van der Waals surface area contributed by atoms with E-state index in [1.54, 1.807) is 43.3 Å². The topological polar surface area (TPSA) is 38.3 Å². The van der Waals surface area contributed by atoms with Crippen molar-refractivity contribution in [2.75, 3.05) is 5.32 Å². The van der Waals surface area contributed by atoms with Crippen LogP contribution in [0.4, 0.5) is 5.69 Å². The van der Waals surface area contributed by atoms with Crippen LogP contribution >= 0.6 is 46.4 Å². The lowest BCUT2D eigenvalue weighted by Crippen LogP contribution is -2.30. The maximum atomic E-state index is 12.1. The molecule has 0 aliphatic rings. The van der Waals surface area contributed by atoms with Gasteiger partial charge in [-0.3, -0.25) is 4.79 Å². The Bertz CT molecular complexity index is 686. The van der Waals surface area contributed by atoms with Gasteiger partial charge in [-0.15, -0.1) is 0 Å². The Morgan fingerprint density at radius 3 is 2.23 bits per heavy atom. The molecule has 0 fully saturated rings. The molecule has 2 aromatic rings. The van der Waals surface area contributed by atoms with Gasteiger partial charge in [0.2, 0.25) is 0 Å². The number of hydrogen-bond acceptors (Lipinski definition) is 2. The Labute approximate surface area is 148 Å². The lowest BCUT2D eigenvalue weighted by atomic mass is 10.3. The highest BCUT2D eigenvalue weighted by Crippen LogP contribution is 2.28. The van der Waals surface area contributed by atoms with Gasteiger partial charge in [0, 0.05) is 20.8 Å². The van der Waals surface area contributed by atoms with Crippen molar-refractivity contribution in [3.05, 3.63) is 56.5 Å². The van der Waals surface area contributed by atoms with Gasteiger partial charge in [0.25, 0.3) is 5.91 Å². The maximum Gasteiger partial charge on any atom is 0.265 e. The minimum Gasteiger partial charge on any atom is -0.479 e. The normalized spacial score (nSPS) is 11.9. The fraction of sp³-hybridized carbons (Fsp3) is 0.133. The zero-order valence-electron chi connectivity index (χ0n) is 11.4. The zero-order valence-corrected chi connectivity index (χ0v) is 14.4. The molecule has 3 nitrogen and oxygen atoms in total. The van der Waals surface area contributed by atoms with Crippen LogP contribution in [0.25, 0.3) is 0 Å². The third-order valence-electron chi connectivity index (χ3n) is 2.70. The lowest BCUT2D eigenvalue weighted by Gasteiger charge is -2.16. The van der Waals surface area contributed by atoms with E-state index >= 15 is 0 Å². The second-order valence-corrected chi connectivity index (χ2v) is 6.20. The van der Waals surface area contributed by atoms with Gasteiger partial charge < -0.3 is 10.1 Å². The zero-order chi connectivity index (χ0) is 16.3. The number of ether oxygens (including phenoxy) is 1. The van der Waals surface area contributed by atoms with Gasteiger partial charge in [-0.05, 0) is 43.3 Å². The summed E-state index contributed by atoms with van der Waals surface area (Å²) in [5.41, 5.74) is 0.486. The first kappa shape index (κ1) is 17.2. The fourth-order valence-corrected chi connectivity index (χ4v) is 2.66. The lowest BCUT2D eigenvalue weighted by molar-refractivity contribution is -0.122. The molecule has 0 saturated carbocycles. The van der Waals surface area contributed by atoms with E-state index in [1.165, 1.54) is 0 Å². The average Bonchev–Trinajstić information content (AvgIpc) is 2.40. The molecule has 0 aliphatic heterocycles. The summed E-state index contributed by atoms with van der Waals surface area (Å²) in [6.07, 6.45) is -0.767. The smallest absolute Gasteiger partial charge is 0.265 e. The molecular formula is C15H11Cl4NO2. The summed E-state index contributed by atoms with van der Waals surface area (Å²) in [6, 6.07) is 9.53. The molecule has 2 aromatic carbocycles. The van der Waals surface area contributed by atoms with Crippen LogP contribution in [0, 0.1) is 0 Å². The highest BCUT2D eigenvalue weighted by atomic mass is 35.5. The number of halogens is 4. The van der Waals surface area contributed by atoms with Crippen LogP contribution in [-0.4, -0.2) is 12.0 Å². The highest BCUT2D eigenvalue weighted by Gasteiger charge is 2.17. The second-order valence-electron chi connectivity index (χ2n) is 4.48. The standard InChI is InChI=1S/C15H11Cl4NO2/c1-8(22-14-3-2-9(16)7-13(14)19)15(21)20-12-5-10(17)4-11(18)6-12/h2-8H,1H3,(H,20,21)/t8-/m0/s1. The van der Waals surface area contributed by atoms with Crippen molar-refractivity contribution in [2.24, 2.45) is 0 Å². The second kappa shape index (κ2) is 7.42. The maximum absolute atomic E-state index is 12.1. The van der Waals surface area contributed by atoms with Crippen molar-refractivity contribution >= 4 is 58.0 Å². The minimum absolute atomic E-state index is 0.331. The van der Waals surface area contributed by atoms with Gasteiger partial charge >= 0.3 is 0 Å². The fourth-order valence-electron chi connectivity index (χ4n) is 1.68. The van der Waals surface area contributed by atoms with Crippen LogP contribution in [0.15, 0.2) is 36.4 Å². The van der Waals surface area contributed by atoms with Gasteiger partial charge in [0.15, 0.2) is 6.10 Å². The molecule has 0 saturated heterocycles. The van der Waals surface area contributed by atoms with E-state index in [1.807, 2.05) is 0 Å². The summed E-state index contributed by atoms with van der Waals surface area (Å²) in [4.78, 5) is 12.1. The van der Waals surface area contributed by atoms with Crippen molar-refractivity contribution in [2.45, 2.75) is 13.0 Å². The van der Waals surface area contributed by atoms with E-state index in [4.69, 9.17) is 51.1 Å². The third kappa shape index (κ3) is 4.68. The van der Waals surface area contributed by atoms with Gasteiger partial charge in [-0.2, -0.15) is 0 Å². The molecule has 22 heavy (non-hydrogen) atoms. The number of benzene rings is 2. The number of amides is 1. The van der Waals surface area contributed by atoms with E-state index in [9.17, 15) is 4.79 Å². The van der Waals surface area contributed by atoms with Crippen molar-refractivity contribution in [1.29, 1.82) is 0 Å². The summed E-state index contributed by atoms with van der Waals surface area (Å²) in [7, 11) is 0. The summed E-state index contributed by atoms with van der Waals surface area (Å²) in [5.74, 6) is 0.0159. The van der Waals surface area contributed by atoms with Crippen LogP contribution in [0.5, 0.6) is 5.75 Å². The number of hydrogen-bond donors (Lipinski definition) is 1. The Hall–Kier alpha value is -1.13. The summed E-state index contributed by atoms with van der Waals surface area (Å²) >= 11 is 23.6. The van der Waals surface area contributed by atoms with Gasteiger partial charge in [0.1, 0.15) is 5.75 Å². The molecule has 0 radical (unpaired) electrons. The highest BCUT2D eigenvalue weighted by molar-refractivity contribution is 6.36. The van der Waals surface area contributed by atoms with Crippen LogP contribution in [0.2, 0.25) is 20.1 Å². The van der Waals surface area contributed by atoms with E-state index in [0.29, 0.717) is 31.5 Å². The first-order valence-electron chi connectivity index (χ1n) is 6.24. The molecule has 116 valence electrons. The largest absolute Gasteiger partial charge is 0.479 e. The molecule has 0 spiro atoms. The first-order chi connectivity index (χ1) is 10.3. The van der Waals surface area contributed by atoms with Crippen molar-refractivity contribution in [1.82, 2.24) is 0 Å². The molecule has 2 rings (SSSR count). The summed E-state index contributed by atoms with van der Waals surface area (Å²) < 4.78 is 5.53. The Balaban J connectivity index is 2.05. The molecular weight excluding hydrogens is 368 g/mol. The van der Waals surface area contributed by atoms with Crippen molar-refractivity contribution in [3.63, 3.8) is 0 Å². The van der Waals surface area contributed by atoms with E-state index in [-0.39, 0.29) is 5.91 Å². The Morgan fingerprint density at radius 1 is 1.00 bits per heavy atom. The molecule has 1 N–H and O–H groups in total. The Morgan fingerprint density at radius 2 is 1.64 bits per heavy atom. The number of carbonyl (C=O) groups excluding carboxylic acids is 1. The van der Waals surface area contributed by atoms with Crippen LogP contribution < -0.4 is 10.1 Å². The number of carbonyl (C=O) groups is 1. The van der Waals surface area contributed by atoms with Crippen LogP contribution in [-0.2, 0) is 4.79 Å². The van der Waals surface area contributed by atoms with E-state index < -0.39 is 6.10 Å². The molecule has 1 atom stereocenters.